The highest BCUT2D eigenvalue weighted by Crippen LogP contribution is 2.14. The number of nitrogens with zero attached hydrogens (tertiary/aromatic N) is 2. The molecule has 0 aliphatic carbocycles. The van der Waals surface area contributed by atoms with Crippen LogP contribution in [0.1, 0.15) is 11.1 Å². The molecule has 1 aliphatic rings. The molecule has 1 fully saturated rings. The molecule has 1 amide bonds. The van der Waals surface area contributed by atoms with Gasteiger partial charge in [-0.15, -0.1) is 0 Å². The molecule has 110 valence electrons. The first-order valence-corrected chi connectivity index (χ1v) is 7.33. The monoisotopic (exact) mass is 275 g/mol. The summed E-state index contributed by atoms with van der Waals surface area (Å²) in [5.41, 5.74) is 8.26. The fourth-order valence-corrected chi connectivity index (χ4v) is 2.68. The first-order chi connectivity index (χ1) is 9.60. The highest BCUT2D eigenvalue weighted by Gasteiger charge is 2.25. The van der Waals surface area contributed by atoms with Crippen LogP contribution in [0.4, 0.5) is 0 Å². The van der Waals surface area contributed by atoms with Gasteiger partial charge in [-0.25, -0.2) is 0 Å². The number of nitrogens with two attached hydrogens (primary N) is 1. The lowest BCUT2D eigenvalue weighted by Crippen LogP contribution is -2.50. The molecule has 0 radical (unpaired) electrons. The Balaban J connectivity index is 1.99. The van der Waals surface area contributed by atoms with Gasteiger partial charge in [0.25, 0.3) is 0 Å². The summed E-state index contributed by atoms with van der Waals surface area (Å²) in [5, 5.41) is 0. The zero-order valence-corrected chi connectivity index (χ0v) is 12.5. The topological polar surface area (TPSA) is 49.6 Å². The van der Waals surface area contributed by atoms with Crippen LogP contribution in [0.15, 0.2) is 24.3 Å². The summed E-state index contributed by atoms with van der Waals surface area (Å²) in [4.78, 5) is 16.8. The van der Waals surface area contributed by atoms with Gasteiger partial charge in [-0.05, 0) is 26.0 Å². The molecule has 0 aromatic heterocycles. The lowest BCUT2D eigenvalue weighted by atomic mass is 9.96. The summed E-state index contributed by atoms with van der Waals surface area (Å²) in [5.74, 6) is 0.113. The molecular formula is C16H25N3O. The van der Waals surface area contributed by atoms with Crippen LogP contribution in [0.5, 0.6) is 0 Å². The zero-order valence-electron chi connectivity index (χ0n) is 12.5. The Labute approximate surface area is 121 Å². The van der Waals surface area contributed by atoms with E-state index >= 15 is 0 Å². The summed E-state index contributed by atoms with van der Waals surface area (Å²) in [6.45, 7) is 6.03. The molecule has 1 aromatic carbocycles. The molecule has 0 saturated carbocycles. The Hall–Kier alpha value is -1.39. The molecule has 1 atom stereocenters. The summed E-state index contributed by atoms with van der Waals surface area (Å²) >= 11 is 0. The van der Waals surface area contributed by atoms with E-state index in [-0.39, 0.29) is 11.8 Å². The van der Waals surface area contributed by atoms with Crippen molar-refractivity contribution in [3.05, 3.63) is 35.4 Å². The second-order valence-electron chi connectivity index (χ2n) is 5.75. The van der Waals surface area contributed by atoms with E-state index in [4.69, 9.17) is 5.73 Å². The number of carbonyl (C=O) groups excluding carboxylic acids is 1. The maximum Gasteiger partial charge on any atom is 0.227 e. The van der Waals surface area contributed by atoms with Gasteiger partial charge < -0.3 is 15.5 Å². The second kappa shape index (κ2) is 6.86. The second-order valence-corrected chi connectivity index (χ2v) is 5.75. The van der Waals surface area contributed by atoms with Crippen LogP contribution in [0.25, 0.3) is 0 Å². The van der Waals surface area contributed by atoms with Crippen LogP contribution in [-0.2, 0) is 11.2 Å². The predicted molar refractivity (Wildman–Crippen MR) is 81.5 cm³/mol. The van der Waals surface area contributed by atoms with Gasteiger partial charge in [-0.3, -0.25) is 4.79 Å². The Kier molecular flexibility index (Phi) is 5.15. The van der Waals surface area contributed by atoms with Crippen molar-refractivity contribution in [2.45, 2.75) is 13.3 Å². The highest BCUT2D eigenvalue weighted by atomic mass is 16.2. The zero-order chi connectivity index (χ0) is 14.5. The SMILES string of the molecule is Cc1cccc(CC(CN)C(=O)N2CCN(C)CC2)c1. The maximum absolute atomic E-state index is 12.6. The van der Waals surface area contributed by atoms with Crippen LogP contribution in [0.2, 0.25) is 0 Å². The Morgan fingerprint density at radius 1 is 1.30 bits per heavy atom. The number of hydrogen-bond donors (Lipinski definition) is 1. The predicted octanol–water partition coefficient (Wildman–Crippen LogP) is 0.886. The van der Waals surface area contributed by atoms with Crippen LogP contribution in [0, 0.1) is 12.8 Å². The third kappa shape index (κ3) is 3.81. The van der Waals surface area contributed by atoms with Crippen molar-refractivity contribution in [1.29, 1.82) is 0 Å². The van der Waals surface area contributed by atoms with E-state index in [1.807, 2.05) is 11.0 Å². The smallest absolute Gasteiger partial charge is 0.227 e. The van der Waals surface area contributed by atoms with E-state index in [2.05, 4.69) is 37.1 Å². The minimum Gasteiger partial charge on any atom is -0.340 e. The minimum absolute atomic E-state index is 0.0970. The molecule has 2 rings (SSSR count). The molecule has 0 spiro atoms. The third-order valence-electron chi connectivity index (χ3n) is 4.01. The van der Waals surface area contributed by atoms with Crippen molar-refractivity contribution in [2.75, 3.05) is 39.8 Å². The third-order valence-corrected chi connectivity index (χ3v) is 4.01. The van der Waals surface area contributed by atoms with Crippen molar-refractivity contribution in [2.24, 2.45) is 11.7 Å². The van der Waals surface area contributed by atoms with Gasteiger partial charge in [0.15, 0.2) is 0 Å². The average molecular weight is 275 g/mol. The van der Waals surface area contributed by atoms with Gasteiger partial charge in [0, 0.05) is 32.7 Å². The molecule has 1 saturated heterocycles. The molecule has 4 nitrogen and oxygen atoms in total. The van der Waals surface area contributed by atoms with E-state index < -0.39 is 0 Å². The minimum atomic E-state index is -0.0970. The summed E-state index contributed by atoms with van der Waals surface area (Å²) in [6, 6.07) is 8.33. The number of benzene rings is 1. The number of piperazine rings is 1. The number of likely N-dealkylation sites (N-methyl/N-ethyl adjacent to an activating group) is 1. The molecule has 2 N–H and O–H groups in total. The van der Waals surface area contributed by atoms with E-state index in [9.17, 15) is 4.79 Å². The van der Waals surface area contributed by atoms with Gasteiger partial charge in [-0.1, -0.05) is 29.8 Å². The molecule has 0 bridgehead atoms. The van der Waals surface area contributed by atoms with Crippen LogP contribution in [-0.4, -0.2) is 55.5 Å². The Morgan fingerprint density at radius 3 is 2.60 bits per heavy atom. The molecule has 1 heterocycles. The Bertz CT molecular complexity index is 453. The standard InChI is InChI=1S/C16H25N3O/c1-13-4-3-5-14(10-13)11-15(12-17)16(20)19-8-6-18(2)7-9-19/h3-5,10,15H,6-9,11-12,17H2,1-2H3. The number of aryl methyl sites for hydroxylation is 1. The molecule has 1 aromatic rings. The molecule has 1 aliphatic heterocycles. The van der Waals surface area contributed by atoms with Crippen molar-refractivity contribution in [3.63, 3.8) is 0 Å². The number of amides is 1. The van der Waals surface area contributed by atoms with Gasteiger partial charge in [0.1, 0.15) is 0 Å². The summed E-state index contributed by atoms with van der Waals surface area (Å²) < 4.78 is 0. The lowest BCUT2D eigenvalue weighted by Gasteiger charge is -2.34. The van der Waals surface area contributed by atoms with Crippen molar-refractivity contribution in [1.82, 2.24) is 9.80 Å². The van der Waals surface area contributed by atoms with Gasteiger partial charge >= 0.3 is 0 Å². The maximum atomic E-state index is 12.6. The average Bonchev–Trinajstić information content (AvgIpc) is 2.45. The van der Waals surface area contributed by atoms with Crippen LogP contribution < -0.4 is 5.73 Å². The van der Waals surface area contributed by atoms with Gasteiger partial charge in [0.2, 0.25) is 5.91 Å². The molecular weight excluding hydrogens is 250 g/mol. The number of carbonyl (C=O) groups is 1. The largest absolute Gasteiger partial charge is 0.340 e. The van der Waals surface area contributed by atoms with E-state index in [0.29, 0.717) is 6.54 Å². The van der Waals surface area contributed by atoms with Crippen molar-refractivity contribution in [3.8, 4) is 0 Å². The van der Waals surface area contributed by atoms with Crippen molar-refractivity contribution < 1.29 is 4.79 Å². The van der Waals surface area contributed by atoms with Gasteiger partial charge in [0.05, 0.1) is 5.92 Å². The lowest BCUT2D eigenvalue weighted by molar-refractivity contribution is -0.136. The van der Waals surface area contributed by atoms with Crippen molar-refractivity contribution >= 4 is 5.91 Å². The van der Waals surface area contributed by atoms with Crippen LogP contribution in [0.3, 0.4) is 0 Å². The summed E-state index contributed by atoms with van der Waals surface area (Å²) in [7, 11) is 2.09. The molecule has 4 heteroatoms. The quantitative estimate of drug-likeness (QED) is 0.888. The first kappa shape index (κ1) is 15.0. The van der Waals surface area contributed by atoms with E-state index in [1.54, 1.807) is 0 Å². The fraction of sp³-hybridized carbons (Fsp3) is 0.562. The number of rotatable bonds is 4. The first-order valence-electron chi connectivity index (χ1n) is 7.33. The van der Waals surface area contributed by atoms with E-state index in [0.717, 1.165) is 32.6 Å². The highest BCUT2D eigenvalue weighted by molar-refractivity contribution is 5.79. The fourth-order valence-electron chi connectivity index (χ4n) is 2.68. The number of hydrogen-bond acceptors (Lipinski definition) is 3. The van der Waals surface area contributed by atoms with Crippen LogP contribution >= 0.6 is 0 Å². The van der Waals surface area contributed by atoms with Gasteiger partial charge in [-0.2, -0.15) is 0 Å². The van der Waals surface area contributed by atoms with E-state index in [1.165, 1.54) is 11.1 Å². The normalized spacial score (nSPS) is 18.1. The summed E-state index contributed by atoms with van der Waals surface area (Å²) in [6.07, 6.45) is 0.739. The molecule has 1 unspecified atom stereocenters. The molecule has 20 heavy (non-hydrogen) atoms. The Morgan fingerprint density at radius 2 is 2.00 bits per heavy atom.